The van der Waals surface area contributed by atoms with E-state index >= 15 is 0 Å². The molecule has 0 aliphatic heterocycles. The van der Waals surface area contributed by atoms with E-state index in [0.717, 1.165) is 11.1 Å². The maximum absolute atomic E-state index is 13.4. The van der Waals surface area contributed by atoms with Gasteiger partial charge < -0.3 is 3.87 Å². The third-order valence-corrected chi connectivity index (χ3v) is 14.4. The van der Waals surface area contributed by atoms with Gasteiger partial charge in [0.25, 0.3) is 0 Å². The van der Waals surface area contributed by atoms with Crippen LogP contribution in [0.5, 0.6) is 0 Å². The topological polar surface area (TPSA) is 43.4 Å². The Morgan fingerprint density at radius 2 is 1.33 bits per heavy atom. The van der Waals surface area contributed by atoms with Crippen molar-refractivity contribution in [2.75, 3.05) is 0 Å². The van der Waals surface area contributed by atoms with Gasteiger partial charge in [-0.15, -0.1) is 0 Å². The van der Waals surface area contributed by atoms with Crippen molar-refractivity contribution in [2.45, 2.75) is 62.7 Å². The van der Waals surface area contributed by atoms with Crippen LogP contribution < -0.4 is 0 Å². The molecule has 0 aliphatic carbocycles. The molecule has 1 unspecified atom stereocenters. The van der Waals surface area contributed by atoms with E-state index in [1.165, 1.54) is 0 Å². The molecule has 0 heterocycles. The summed E-state index contributed by atoms with van der Waals surface area (Å²) in [5, 5.41) is -1.75. The van der Waals surface area contributed by atoms with Gasteiger partial charge in [-0.05, 0) is 28.6 Å². The Balaban J connectivity index is 2.72. The normalized spacial score (nSPS) is 15.6. The van der Waals surface area contributed by atoms with Crippen LogP contribution in [0.4, 0.5) is 13.2 Å². The summed E-state index contributed by atoms with van der Waals surface area (Å²) in [7, 11) is -9.47. The highest BCUT2D eigenvalue weighted by Crippen LogP contribution is 2.54. The van der Waals surface area contributed by atoms with Crippen molar-refractivity contribution in [2.24, 2.45) is 0 Å². The highest BCUT2D eigenvalue weighted by molar-refractivity contribution is 7.88. The molecule has 0 bridgehead atoms. The van der Waals surface area contributed by atoms with Crippen molar-refractivity contribution in [1.29, 1.82) is 0 Å². The Morgan fingerprint density at radius 1 is 0.867 bits per heavy atom. The Kier molecular flexibility index (Phi) is 6.96. The average Bonchev–Trinajstić information content (AvgIpc) is 2.66. The molecular weight excluding hydrogens is 429 g/mol. The molecule has 0 amide bonds. The Hall–Kier alpha value is -1.64. The summed E-state index contributed by atoms with van der Waals surface area (Å²) in [4.78, 5) is 0. The summed E-state index contributed by atoms with van der Waals surface area (Å²) in [5.41, 5.74) is -3.79. The minimum absolute atomic E-state index is 0.198. The molecule has 2 aromatic carbocycles. The van der Waals surface area contributed by atoms with Gasteiger partial charge in [0.05, 0.1) is 0 Å². The van der Waals surface area contributed by atoms with Crippen LogP contribution in [0, 0.1) is 0 Å². The van der Waals surface area contributed by atoms with Gasteiger partial charge in [-0.1, -0.05) is 95.3 Å². The molecule has 0 N–H and O–H groups in total. The second-order valence-electron chi connectivity index (χ2n) is 8.70. The van der Waals surface area contributed by atoms with E-state index in [4.69, 9.17) is 3.87 Å². The minimum atomic E-state index is -5.77. The first-order chi connectivity index (χ1) is 13.7. The monoisotopic (exact) mass is 458 g/mol. The quantitative estimate of drug-likeness (QED) is 0.342. The van der Waals surface area contributed by atoms with Crippen LogP contribution in [0.25, 0.3) is 0 Å². The second-order valence-corrected chi connectivity index (χ2v) is 15.7. The third kappa shape index (κ3) is 4.50. The first-order valence-corrected chi connectivity index (χ1v) is 13.3. The van der Waals surface area contributed by atoms with Crippen LogP contribution in [-0.4, -0.2) is 22.2 Å². The predicted molar refractivity (Wildman–Crippen MR) is 116 cm³/mol. The molecule has 8 heteroatoms. The van der Waals surface area contributed by atoms with Gasteiger partial charge >= 0.3 is 15.6 Å². The van der Waals surface area contributed by atoms with Crippen LogP contribution in [0.15, 0.2) is 60.7 Å². The molecule has 2 aromatic rings. The van der Waals surface area contributed by atoms with Crippen LogP contribution >= 0.6 is 0 Å². The van der Waals surface area contributed by atoms with Gasteiger partial charge in [-0.25, -0.2) is 0 Å². The summed E-state index contributed by atoms with van der Waals surface area (Å²) in [6, 6.07) is 18.6. The number of hydrogen-bond donors (Lipinski definition) is 0. The summed E-state index contributed by atoms with van der Waals surface area (Å²) in [5.74, 6) is 0. The molecular formula is C22H29F3O3SSi. The maximum Gasteiger partial charge on any atom is 0.522 e. The molecule has 30 heavy (non-hydrogen) atoms. The lowest BCUT2D eigenvalue weighted by atomic mass is 10.0. The Morgan fingerprint density at radius 3 is 1.77 bits per heavy atom. The third-order valence-electron chi connectivity index (χ3n) is 6.12. The highest BCUT2D eigenvalue weighted by atomic mass is 32.2. The van der Waals surface area contributed by atoms with Gasteiger partial charge in [0, 0.05) is 5.04 Å². The zero-order valence-corrected chi connectivity index (χ0v) is 19.8. The molecule has 2 rings (SSSR count). The largest absolute Gasteiger partial charge is 0.522 e. The number of alkyl halides is 3. The van der Waals surface area contributed by atoms with Crippen molar-refractivity contribution >= 4 is 18.4 Å². The predicted octanol–water partition coefficient (Wildman–Crippen LogP) is 6.36. The molecule has 0 radical (unpaired) electrons. The van der Waals surface area contributed by atoms with Gasteiger partial charge in [0.15, 0.2) is 0 Å². The average molecular weight is 459 g/mol. The van der Waals surface area contributed by atoms with Crippen LogP contribution in [0.2, 0.25) is 11.1 Å². The first-order valence-electron chi connectivity index (χ1n) is 9.81. The molecule has 0 fully saturated rings. The molecule has 0 spiro atoms. The fourth-order valence-electron chi connectivity index (χ4n) is 4.61. The van der Waals surface area contributed by atoms with Gasteiger partial charge in [-0.2, -0.15) is 21.6 Å². The molecule has 0 saturated heterocycles. The van der Waals surface area contributed by atoms with E-state index < -0.39 is 34.0 Å². The second kappa shape index (κ2) is 8.47. The molecule has 0 aromatic heterocycles. The lowest BCUT2D eigenvalue weighted by molar-refractivity contribution is -0.0507. The fourth-order valence-corrected chi connectivity index (χ4v) is 13.4. The van der Waals surface area contributed by atoms with E-state index in [1.807, 2.05) is 62.4 Å². The lowest BCUT2D eigenvalue weighted by Crippen LogP contribution is -2.63. The highest BCUT2D eigenvalue weighted by Gasteiger charge is 2.64. The van der Waals surface area contributed by atoms with Crippen LogP contribution in [-0.2, 0) is 25.4 Å². The van der Waals surface area contributed by atoms with E-state index in [9.17, 15) is 21.6 Å². The standard InChI is InChI=1S/C22H29F3O3SSi/c1-6-30(28-29(26,27)22(23,24)25,21(4,5)19-15-11-8-12-16-19)20(2,3)17-18-13-9-7-10-14-18/h7-16H,6,17H2,1-5H3. The fraction of sp³-hybridized carbons (Fsp3) is 0.455. The Labute approximate surface area is 178 Å². The molecule has 0 aliphatic rings. The van der Waals surface area contributed by atoms with Gasteiger partial charge in [0.1, 0.15) is 0 Å². The maximum atomic E-state index is 13.4. The molecule has 166 valence electrons. The molecule has 3 nitrogen and oxygen atoms in total. The van der Waals surface area contributed by atoms with Gasteiger partial charge in [0.2, 0.25) is 8.32 Å². The van der Waals surface area contributed by atoms with Crippen molar-refractivity contribution in [1.82, 2.24) is 0 Å². The summed E-state index contributed by atoms with van der Waals surface area (Å²) >= 11 is 0. The zero-order chi connectivity index (χ0) is 22.8. The summed E-state index contributed by atoms with van der Waals surface area (Å²) in [6.07, 6.45) is 0.400. The minimum Gasteiger partial charge on any atom is -0.306 e. The molecule has 1 atom stereocenters. The Bertz CT molecular complexity index is 943. The van der Waals surface area contributed by atoms with E-state index in [1.54, 1.807) is 32.9 Å². The van der Waals surface area contributed by atoms with Crippen molar-refractivity contribution in [3.63, 3.8) is 0 Å². The summed E-state index contributed by atoms with van der Waals surface area (Å²) < 4.78 is 70.2. The number of rotatable bonds is 8. The molecule has 0 saturated carbocycles. The van der Waals surface area contributed by atoms with Crippen molar-refractivity contribution in [3.8, 4) is 0 Å². The van der Waals surface area contributed by atoms with E-state index in [-0.39, 0.29) is 6.04 Å². The van der Waals surface area contributed by atoms with Crippen molar-refractivity contribution < 1.29 is 25.5 Å². The smallest absolute Gasteiger partial charge is 0.306 e. The number of benzene rings is 2. The number of hydrogen-bond acceptors (Lipinski definition) is 3. The zero-order valence-electron chi connectivity index (χ0n) is 18.0. The van der Waals surface area contributed by atoms with Crippen LogP contribution in [0.3, 0.4) is 0 Å². The summed E-state index contributed by atoms with van der Waals surface area (Å²) in [6.45, 7) is 8.99. The van der Waals surface area contributed by atoms with Crippen molar-refractivity contribution in [3.05, 3.63) is 71.8 Å². The van der Waals surface area contributed by atoms with E-state index in [0.29, 0.717) is 6.42 Å². The van der Waals surface area contributed by atoms with Crippen LogP contribution in [0.1, 0.15) is 45.7 Å². The van der Waals surface area contributed by atoms with E-state index in [2.05, 4.69) is 0 Å². The first kappa shape index (κ1) is 24.6. The number of halogens is 3. The lowest BCUT2D eigenvalue weighted by Gasteiger charge is -2.52. The van der Waals surface area contributed by atoms with Gasteiger partial charge in [-0.3, -0.25) is 0 Å². The SMILES string of the molecule is CC[Si](OS(=O)(=O)C(F)(F)F)(C(C)(C)Cc1ccccc1)C(C)(C)c1ccccc1.